The molecule has 2 aromatic rings. The van der Waals surface area contributed by atoms with E-state index in [0.29, 0.717) is 18.2 Å². The normalized spacial score (nSPS) is 17.1. The second kappa shape index (κ2) is 8.13. The van der Waals surface area contributed by atoms with Crippen molar-refractivity contribution < 1.29 is 4.74 Å². The van der Waals surface area contributed by atoms with Gasteiger partial charge < -0.3 is 20.7 Å². The lowest BCUT2D eigenvalue weighted by Gasteiger charge is -2.24. The van der Waals surface area contributed by atoms with Crippen LogP contribution in [0.1, 0.15) is 5.69 Å². The van der Waals surface area contributed by atoms with Crippen molar-refractivity contribution in [1.82, 2.24) is 25.5 Å². The van der Waals surface area contributed by atoms with E-state index >= 15 is 0 Å². The number of hydrogen-bond acceptors (Lipinski definition) is 9. The highest BCUT2D eigenvalue weighted by Gasteiger charge is 2.14. The number of morpholine rings is 1. The van der Waals surface area contributed by atoms with Crippen LogP contribution in [0.25, 0.3) is 0 Å². The molecule has 1 atom stereocenters. The molecule has 0 radical (unpaired) electrons. The standard InChI is InChI=1S/C14H15IN8O/c15-14-11(19-7-10-6-17-1-2-24-10)3-12(22-23-14)21-13-8-18-9(4-16)5-20-13/h3,5,8,10,17H,1-2,6-7H2,(H2,19,20,21,22)/t10-/m1/s1. The van der Waals surface area contributed by atoms with Gasteiger partial charge in [-0.15, -0.1) is 10.2 Å². The molecular formula is C14H15IN8O. The number of halogens is 1. The first-order valence-corrected chi connectivity index (χ1v) is 8.41. The summed E-state index contributed by atoms with van der Waals surface area (Å²) in [5.74, 6) is 1.04. The van der Waals surface area contributed by atoms with Crippen LogP contribution in [-0.4, -0.2) is 52.5 Å². The van der Waals surface area contributed by atoms with Gasteiger partial charge in [-0.05, 0) is 22.6 Å². The molecule has 2 aromatic heterocycles. The van der Waals surface area contributed by atoms with E-state index in [2.05, 4.69) is 58.7 Å². The van der Waals surface area contributed by atoms with E-state index < -0.39 is 0 Å². The average molecular weight is 438 g/mol. The average Bonchev–Trinajstić information content (AvgIpc) is 2.63. The number of ether oxygens (including phenoxy) is 1. The summed E-state index contributed by atoms with van der Waals surface area (Å²) in [6, 6.07) is 3.78. The minimum atomic E-state index is 0.128. The Morgan fingerprint density at radius 1 is 1.33 bits per heavy atom. The summed E-state index contributed by atoms with van der Waals surface area (Å²) in [5.41, 5.74) is 1.13. The van der Waals surface area contributed by atoms with Crippen molar-refractivity contribution >= 4 is 39.9 Å². The topological polar surface area (TPSA) is 121 Å². The van der Waals surface area contributed by atoms with Crippen molar-refractivity contribution in [2.75, 3.05) is 36.9 Å². The third-order valence-corrected chi connectivity index (χ3v) is 4.09. The molecule has 0 amide bonds. The van der Waals surface area contributed by atoms with E-state index in [1.54, 1.807) is 0 Å². The number of hydrogen-bond donors (Lipinski definition) is 3. The van der Waals surface area contributed by atoms with Crippen molar-refractivity contribution in [3.8, 4) is 6.07 Å². The molecule has 3 N–H and O–H groups in total. The number of aromatic nitrogens is 4. The number of nitriles is 1. The molecule has 3 heterocycles. The molecule has 0 unspecified atom stereocenters. The first-order valence-electron chi connectivity index (χ1n) is 7.33. The van der Waals surface area contributed by atoms with Crippen molar-refractivity contribution in [2.45, 2.75) is 6.10 Å². The highest BCUT2D eigenvalue weighted by atomic mass is 127. The van der Waals surface area contributed by atoms with Crippen LogP contribution < -0.4 is 16.0 Å². The molecule has 0 aliphatic carbocycles. The molecule has 0 spiro atoms. The zero-order valence-electron chi connectivity index (χ0n) is 12.7. The van der Waals surface area contributed by atoms with Gasteiger partial charge >= 0.3 is 0 Å². The highest BCUT2D eigenvalue weighted by molar-refractivity contribution is 14.1. The van der Waals surface area contributed by atoms with E-state index in [9.17, 15) is 0 Å². The van der Waals surface area contributed by atoms with Gasteiger partial charge in [-0.25, -0.2) is 9.97 Å². The SMILES string of the molecule is N#Cc1cnc(Nc2cc(NC[C@H]3CNCCO3)c(I)nn2)cn1. The van der Waals surface area contributed by atoms with Gasteiger partial charge in [0.15, 0.2) is 11.5 Å². The summed E-state index contributed by atoms with van der Waals surface area (Å²) in [5, 5.41) is 26.6. The second-order valence-electron chi connectivity index (χ2n) is 5.04. The van der Waals surface area contributed by atoms with Gasteiger partial charge in [0.25, 0.3) is 0 Å². The summed E-state index contributed by atoms with van der Waals surface area (Å²) < 4.78 is 6.43. The molecule has 10 heteroatoms. The second-order valence-corrected chi connectivity index (χ2v) is 6.06. The summed E-state index contributed by atoms with van der Waals surface area (Å²) in [4.78, 5) is 8.06. The molecule has 1 aliphatic rings. The Bertz CT molecular complexity index is 727. The van der Waals surface area contributed by atoms with Crippen LogP contribution in [0.4, 0.5) is 17.3 Å². The molecule has 124 valence electrons. The van der Waals surface area contributed by atoms with Crippen molar-refractivity contribution in [2.24, 2.45) is 0 Å². The Morgan fingerprint density at radius 3 is 2.96 bits per heavy atom. The maximum atomic E-state index is 8.73. The number of nitrogens with zero attached hydrogens (tertiary/aromatic N) is 5. The fraction of sp³-hybridized carbons (Fsp3) is 0.357. The van der Waals surface area contributed by atoms with Crippen LogP contribution in [0.3, 0.4) is 0 Å². The Morgan fingerprint density at radius 2 is 2.25 bits per heavy atom. The van der Waals surface area contributed by atoms with Crippen LogP contribution in [0, 0.1) is 15.0 Å². The Balaban J connectivity index is 1.65. The molecular weight excluding hydrogens is 423 g/mol. The van der Waals surface area contributed by atoms with Crippen molar-refractivity contribution in [3.63, 3.8) is 0 Å². The number of anilines is 3. The van der Waals surface area contributed by atoms with Gasteiger partial charge in [0.2, 0.25) is 0 Å². The minimum absolute atomic E-state index is 0.128. The van der Waals surface area contributed by atoms with Crippen LogP contribution >= 0.6 is 22.6 Å². The molecule has 0 aromatic carbocycles. The van der Waals surface area contributed by atoms with Crippen LogP contribution in [0.2, 0.25) is 0 Å². The molecule has 9 nitrogen and oxygen atoms in total. The van der Waals surface area contributed by atoms with Crippen molar-refractivity contribution in [1.29, 1.82) is 5.26 Å². The number of nitrogens with one attached hydrogen (secondary N) is 3. The fourth-order valence-electron chi connectivity index (χ4n) is 2.12. The van der Waals surface area contributed by atoms with Crippen molar-refractivity contribution in [3.05, 3.63) is 27.9 Å². The first-order chi connectivity index (χ1) is 11.7. The predicted molar refractivity (Wildman–Crippen MR) is 95.9 cm³/mol. The third-order valence-electron chi connectivity index (χ3n) is 3.30. The summed E-state index contributed by atoms with van der Waals surface area (Å²) in [7, 11) is 0. The van der Waals surface area contributed by atoms with E-state index in [0.717, 1.165) is 29.1 Å². The monoisotopic (exact) mass is 438 g/mol. The molecule has 0 saturated carbocycles. The molecule has 24 heavy (non-hydrogen) atoms. The predicted octanol–water partition coefficient (Wildman–Crippen LogP) is 0.887. The van der Waals surface area contributed by atoms with Gasteiger partial charge in [0, 0.05) is 25.7 Å². The van der Waals surface area contributed by atoms with Gasteiger partial charge in [-0.2, -0.15) is 5.26 Å². The zero-order valence-corrected chi connectivity index (χ0v) is 14.8. The van der Waals surface area contributed by atoms with Crippen LogP contribution in [-0.2, 0) is 4.74 Å². The van der Waals surface area contributed by atoms with Gasteiger partial charge in [-0.3, -0.25) is 0 Å². The van der Waals surface area contributed by atoms with Gasteiger partial charge in [-0.1, -0.05) is 0 Å². The Labute approximate surface area is 152 Å². The smallest absolute Gasteiger partial charge is 0.158 e. The number of rotatable bonds is 5. The lowest BCUT2D eigenvalue weighted by atomic mass is 10.3. The fourth-order valence-corrected chi connectivity index (χ4v) is 2.57. The molecule has 1 aliphatic heterocycles. The van der Waals surface area contributed by atoms with Crippen LogP contribution in [0.15, 0.2) is 18.5 Å². The lowest BCUT2D eigenvalue weighted by Crippen LogP contribution is -2.42. The zero-order chi connectivity index (χ0) is 16.8. The van der Waals surface area contributed by atoms with E-state index in [1.807, 2.05) is 12.1 Å². The minimum Gasteiger partial charge on any atom is -0.380 e. The lowest BCUT2D eigenvalue weighted by molar-refractivity contribution is 0.0372. The maximum absolute atomic E-state index is 8.73. The van der Waals surface area contributed by atoms with Crippen LogP contribution in [0.5, 0.6) is 0 Å². The molecule has 0 bridgehead atoms. The third kappa shape index (κ3) is 4.47. The molecule has 1 saturated heterocycles. The summed E-state index contributed by atoms with van der Waals surface area (Å²) >= 11 is 2.13. The Hall–Kier alpha value is -2.10. The van der Waals surface area contributed by atoms with Gasteiger partial charge in [0.1, 0.15) is 15.6 Å². The molecule has 3 rings (SSSR count). The Kier molecular flexibility index (Phi) is 5.68. The van der Waals surface area contributed by atoms with E-state index in [4.69, 9.17) is 10.00 Å². The maximum Gasteiger partial charge on any atom is 0.158 e. The van der Waals surface area contributed by atoms with E-state index in [-0.39, 0.29) is 11.8 Å². The summed E-state index contributed by atoms with van der Waals surface area (Å²) in [6.07, 6.45) is 3.01. The molecule has 1 fully saturated rings. The first kappa shape index (κ1) is 16.7. The van der Waals surface area contributed by atoms with E-state index in [1.165, 1.54) is 12.4 Å². The quantitative estimate of drug-likeness (QED) is 0.585. The van der Waals surface area contributed by atoms with Gasteiger partial charge in [0.05, 0.1) is 30.8 Å². The largest absolute Gasteiger partial charge is 0.380 e. The summed E-state index contributed by atoms with van der Waals surface area (Å²) in [6.45, 7) is 3.13. The highest BCUT2D eigenvalue weighted by Crippen LogP contribution is 2.20.